The number of amides is 2. The monoisotopic (exact) mass is 418 g/mol. The van der Waals surface area contributed by atoms with Crippen LogP contribution in [0.25, 0.3) is 11.7 Å². The molecule has 4 heterocycles. The summed E-state index contributed by atoms with van der Waals surface area (Å²) in [5.74, 6) is 0.324. The number of hydrogen-bond acceptors (Lipinski definition) is 8. The van der Waals surface area contributed by atoms with E-state index in [9.17, 15) is 9.59 Å². The summed E-state index contributed by atoms with van der Waals surface area (Å²) in [4.78, 5) is 37.3. The van der Waals surface area contributed by atoms with Gasteiger partial charge in [0.25, 0.3) is 5.91 Å². The molecule has 0 bridgehead atoms. The van der Waals surface area contributed by atoms with Gasteiger partial charge in [-0.15, -0.1) is 0 Å². The molecule has 3 N–H and O–H groups in total. The van der Waals surface area contributed by atoms with Gasteiger partial charge in [-0.2, -0.15) is 19.6 Å². The van der Waals surface area contributed by atoms with Crippen molar-refractivity contribution in [1.29, 1.82) is 0 Å². The summed E-state index contributed by atoms with van der Waals surface area (Å²) in [7, 11) is 0. The number of carbonyl (C=O) groups excluding carboxylic acids is 2. The van der Waals surface area contributed by atoms with Crippen molar-refractivity contribution in [2.24, 2.45) is 0 Å². The molecule has 2 fully saturated rings. The largest absolute Gasteiger partial charge is 0.351 e. The molecule has 0 spiro atoms. The number of anilines is 2. The minimum atomic E-state index is -0.382. The highest BCUT2D eigenvalue weighted by Crippen LogP contribution is 2.27. The van der Waals surface area contributed by atoms with Crippen molar-refractivity contribution >= 4 is 35.4 Å². The van der Waals surface area contributed by atoms with E-state index in [-0.39, 0.29) is 24.3 Å². The average Bonchev–Trinajstić information content (AvgIpc) is 3.37. The number of aromatic nitrogens is 5. The standard InChI is InChI=1S/C21H22N8O2/c1-11-4-3-7-22-17(11)12(2)24-20-27-18-14(8-13-9-16(30)26-19(13)31)10-23-29(18)21(28-20)25-15-5-6-15/h3-4,7-8,10,12,15H,5-6,9H2,1-2H3,(H,26,30,31)(H2,24,25,27,28)/b13-8+. The third-order valence-corrected chi connectivity index (χ3v) is 5.34. The Balaban J connectivity index is 1.54. The quantitative estimate of drug-likeness (QED) is 0.410. The first-order valence-electron chi connectivity index (χ1n) is 10.2. The van der Waals surface area contributed by atoms with Gasteiger partial charge >= 0.3 is 0 Å². The lowest BCUT2D eigenvalue weighted by Crippen LogP contribution is -2.19. The van der Waals surface area contributed by atoms with E-state index in [1.165, 1.54) is 0 Å². The van der Waals surface area contributed by atoms with Crippen LogP contribution in [0, 0.1) is 6.92 Å². The Morgan fingerprint density at radius 1 is 1.29 bits per heavy atom. The van der Waals surface area contributed by atoms with Gasteiger partial charge in [-0.1, -0.05) is 6.07 Å². The van der Waals surface area contributed by atoms with Crippen molar-refractivity contribution < 1.29 is 9.59 Å². The molecule has 1 saturated heterocycles. The van der Waals surface area contributed by atoms with Crippen LogP contribution in [0.15, 0.2) is 30.1 Å². The maximum atomic E-state index is 12.0. The molecule has 10 nitrogen and oxygen atoms in total. The fraction of sp³-hybridized carbons (Fsp3) is 0.333. The fourth-order valence-corrected chi connectivity index (χ4v) is 3.59. The molecule has 0 radical (unpaired) electrons. The number of pyridine rings is 1. The number of imide groups is 1. The van der Waals surface area contributed by atoms with Crippen molar-refractivity contribution in [2.45, 2.75) is 45.2 Å². The van der Waals surface area contributed by atoms with Crippen LogP contribution < -0.4 is 16.0 Å². The van der Waals surface area contributed by atoms with E-state index in [1.807, 2.05) is 26.0 Å². The number of nitrogens with zero attached hydrogens (tertiary/aromatic N) is 5. The Kier molecular flexibility index (Phi) is 4.61. The summed E-state index contributed by atoms with van der Waals surface area (Å²) in [5.41, 5.74) is 3.57. The van der Waals surface area contributed by atoms with E-state index in [4.69, 9.17) is 0 Å². The zero-order chi connectivity index (χ0) is 21.5. The van der Waals surface area contributed by atoms with Crippen molar-refractivity contribution in [3.63, 3.8) is 0 Å². The molecule has 3 aromatic rings. The predicted molar refractivity (Wildman–Crippen MR) is 114 cm³/mol. The second kappa shape index (κ2) is 7.46. The van der Waals surface area contributed by atoms with E-state index in [0.717, 1.165) is 24.1 Å². The molecular weight excluding hydrogens is 396 g/mol. The molecule has 2 amide bonds. The Bertz CT molecular complexity index is 1230. The first-order chi connectivity index (χ1) is 15.0. The van der Waals surface area contributed by atoms with Gasteiger partial charge < -0.3 is 10.6 Å². The molecule has 0 aromatic carbocycles. The van der Waals surface area contributed by atoms with Gasteiger partial charge in [-0.3, -0.25) is 19.9 Å². The van der Waals surface area contributed by atoms with Crippen LogP contribution in [-0.4, -0.2) is 42.4 Å². The van der Waals surface area contributed by atoms with Gasteiger partial charge in [0, 0.05) is 23.4 Å². The zero-order valence-corrected chi connectivity index (χ0v) is 17.2. The van der Waals surface area contributed by atoms with Crippen LogP contribution in [0.3, 0.4) is 0 Å². The van der Waals surface area contributed by atoms with Crippen molar-refractivity contribution in [3.8, 4) is 0 Å². The average molecular weight is 418 g/mol. The van der Waals surface area contributed by atoms with Crippen LogP contribution in [0.4, 0.5) is 11.9 Å². The summed E-state index contributed by atoms with van der Waals surface area (Å²) >= 11 is 0. The predicted octanol–water partition coefficient (Wildman–Crippen LogP) is 2.01. The second-order valence-corrected chi connectivity index (χ2v) is 7.92. The highest BCUT2D eigenvalue weighted by atomic mass is 16.2. The van der Waals surface area contributed by atoms with Gasteiger partial charge in [-0.25, -0.2) is 0 Å². The van der Waals surface area contributed by atoms with Gasteiger partial charge in [0.2, 0.25) is 17.8 Å². The molecule has 31 heavy (non-hydrogen) atoms. The van der Waals surface area contributed by atoms with Crippen molar-refractivity contribution in [1.82, 2.24) is 29.9 Å². The maximum Gasteiger partial charge on any atom is 0.254 e. The first kappa shape index (κ1) is 19.2. The zero-order valence-electron chi connectivity index (χ0n) is 17.2. The molecule has 3 aromatic heterocycles. The van der Waals surface area contributed by atoms with Crippen LogP contribution >= 0.6 is 0 Å². The Morgan fingerprint density at radius 3 is 2.84 bits per heavy atom. The summed E-state index contributed by atoms with van der Waals surface area (Å²) < 4.78 is 1.63. The Labute approximate surface area is 178 Å². The molecule has 10 heteroatoms. The Morgan fingerprint density at radius 2 is 2.13 bits per heavy atom. The third-order valence-electron chi connectivity index (χ3n) is 5.34. The summed E-state index contributed by atoms with van der Waals surface area (Å²) in [6.45, 7) is 4.02. The number of nitrogens with one attached hydrogen (secondary N) is 3. The van der Waals surface area contributed by atoms with Gasteiger partial charge in [0.15, 0.2) is 5.65 Å². The fourth-order valence-electron chi connectivity index (χ4n) is 3.59. The number of hydrogen-bond donors (Lipinski definition) is 3. The minimum absolute atomic E-state index is 0.0511. The second-order valence-electron chi connectivity index (χ2n) is 7.92. The normalized spacial score (nSPS) is 18.5. The minimum Gasteiger partial charge on any atom is -0.351 e. The van der Waals surface area contributed by atoms with Crippen molar-refractivity contribution in [2.75, 3.05) is 10.6 Å². The molecule has 1 saturated carbocycles. The number of aryl methyl sites for hydroxylation is 1. The highest BCUT2D eigenvalue weighted by Gasteiger charge is 2.26. The molecular formula is C21H22N8O2. The lowest BCUT2D eigenvalue weighted by molar-refractivity contribution is -0.124. The molecule has 158 valence electrons. The van der Waals surface area contributed by atoms with Crippen LogP contribution in [-0.2, 0) is 9.59 Å². The summed E-state index contributed by atoms with van der Waals surface area (Å²) in [6.07, 6.45) is 7.26. The Hall–Kier alpha value is -3.82. The van der Waals surface area contributed by atoms with Gasteiger partial charge in [0.1, 0.15) is 0 Å². The third kappa shape index (κ3) is 3.83. The molecule has 2 aliphatic rings. The van der Waals surface area contributed by atoms with Gasteiger partial charge in [0.05, 0.1) is 24.4 Å². The highest BCUT2D eigenvalue weighted by molar-refractivity contribution is 6.15. The number of carbonyl (C=O) groups is 2. The lowest BCUT2D eigenvalue weighted by atomic mass is 10.1. The topological polar surface area (TPSA) is 126 Å². The lowest BCUT2D eigenvalue weighted by Gasteiger charge is -2.16. The summed E-state index contributed by atoms with van der Waals surface area (Å²) in [5, 5.41) is 13.4. The molecule has 1 aliphatic heterocycles. The summed E-state index contributed by atoms with van der Waals surface area (Å²) in [6, 6.07) is 4.17. The van der Waals surface area contributed by atoms with Crippen molar-refractivity contribution in [3.05, 3.63) is 46.9 Å². The molecule has 1 unspecified atom stereocenters. The first-order valence-corrected chi connectivity index (χ1v) is 10.2. The smallest absolute Gasteiger partial charge is 0.254 e. The molecule has 1 atom stereocenters. The molecule has 5 rings (SSSR count). The van der Waals surface area contributed by atoms with E-state index in [2.05, 4.69) is 36.0 Å². The van der Waals surface area contributed by atoms with Crippen LogP contribution in [0.2, 0.25) is 0 Å². The van der Waals surface area contributed by atoms with Crippen LogP contribution in [0.1, 0.15) is 49.0 Å². The number of rotatable bonds is 6. The van der Waals surface area contributed by atoms with E-state index < -0.39 is 0 Å². The van der Waals surface area contributed by atoms with E-state index in [0.29, 0.717) is 34.7 Å². The van der Waals surface area contributed by atoms with E-state index >= 15 is 0 Å². The van der Waals surface area contributed by atoms with E-state index in [1.54, 1.807) is 23.0 Å². The van der Waals surface area contributed by atoms with Crippen LogP contribution in [0.5, 0.6) is 0 Å². The SMILES string of the molecule is Cc1cccnc1C(C)Nc1nc(NC2CC2)n2ncc(/C=C3\CC(=O)NC3=O)c2n1. The van der Waals surface area contributed by atoms with Gasteiger partial charge in [-0.05, 0) is 44.4 Å². The molecule has 1 aliphatic carbocycles. The maximum absolute atomic E-state index is 12.0. The number of fused-ring (bicyclic) bond motifs is 1.